The third-order valence-electron chi connectivity index (χ3n) is 3.22. The number of furan rings is 1. The fourth-order valence-electron chi connectivity index (χ4n) is 2.24. The molecule has 9 heteroatoms. The van der Waals surface area contributed by atoms with Crippen LogP contribution in [-0.2, 0) is 10.0 Å². The number of rotatable bonds is 3. The molecular weight excluding hydrogens is 352 g/mol. The van der Waals surface area contributed by atoms with Gasteiger partial charge >= 0.3 is 5.97 Å². The van der Waals surface area contributed by atoms with Gasteiger partial charge in [-0.3, -0.25) is 0 Å². The smallest absolute Gasteiger partial charge is 0.371 e. The predicted molar refractivity (Wildman–Crippen MR) is 74.2 cm³/mol. The first-order chi connectivity index (χ1) is 9.23. The number of nitrogens with zero attached hydrogens (tertiary/aromatic N) is 2. The fourth-order valence-corrected chi connectivity index (χ4v) is 4.76. The van der Waals surface area contributed by atoms with Crippen molar-refractivity contribution in [3.8, 4) is 0 Å². The van der Waals surface area contributed by atoms with E-state index in [2.05, 4.69) is 15.9 Å². The second-order valence-electron chi connectivity index (χ2n) is 4.78. The van der Waals surface area contributed by atoms with Gasteiger partial charge in [-0.25, -0.2) is 13.2 Å². The Morgan fingerprint density at radius 1 is 1.50 bits per heavy atom. The van der Waals surface area contributed by atoms with Gasteiger partial charge in [-0.1, -0.05) is 0 Å². The first-order valence-electron chi connectivity index (χ1n) is 5.96. The van der Waals surface area contributed by atoms with Crippen LogP contribution in [0.4, 0.5) is 0 Å². The molecule has 1 aromatic rings. The first kappa shape index (κ1) is 15.5. The Hall–Kier alpha value is -0.900. The molecule has 112 valence electrons. The number of hydrogen-bond acceptors (Lipinski definition) is 5. The van der Waals surface area contributed by atoms with E-state index < -0.39 is 21.8 Å². The molecule has 2 heterocycles. The van der Waals surface area contributed by atoms with Crippen LogP contribution >= 0.6 is 15.9 Å². The molecule has 1 fully saturated rings. The summed E-state index contributed by atoms with van der Waals surface area (Å²) >= 11 is 2.97. The molecule has 1 aliphatic rings. The number of aromatic carboxylic acids is 1. The molecule has 0 bridgehead atoms. The van der Waals surface area contributed by atoms with Crippen LogP contribution in [0.3, 0.4) is 0 Å². The van der Waals surface area contributed by atoms with Crippen molar-refractivity contribution < 1.29 is 22.7 Å². The summed E-state index contributed by atoms with van der Waals surface area (Å²) in [5, 5.41) is 8.86. The summed E-state index contributed by atoms with van der Waals surface area (Å²) < 4.78 is 31.4. The zero-order chi connectivity index (χ0) is 15.1. The van der Waals surface area contributed by atoms with Crippen molar-refractivity contribution in [2.75, 3.05) is 26.7 Å². The van der Waals surface area contributed by atoms with Gasteiger partial charge in [0, 0.05) is 31.7 Å². The molecule has 1 unspecified atom stereocenters. The van der Waals surface area contributed by atoms with E-state index in [1.54, 1.807) is 0 Å². The number of sulfonamides is 1. The van der Waals surface area contributed by atoms with E-state index in [0.29, 0.717) is 19.6 Å². The lowest BCUT2D eigenvalue weighted by Crippen LogP contribution is -2.52. The molecule has 1 aromatic heterocycles. The Morgan fingerprint density at radius 2 is 2.15 bits per heavy atom. The predicted octanol–water partition coefficient (Wildman–Crippen LogP) is 1.06. The molecule has 0 spiro atoms. The lowest BCUT2D eigenvalue weighted by molar-refractivity contribution is 0.0661. The van der Waals surface area contributed by atoms with E-state index in [0.717, 1.165) is 6.07 Å². The minimum absolute atomic E-state index is 0.0824. The minimum Gasteiger partial charge on any atom is -0.475 e. The third-order valence-corrected chi connectivity index (χ3v) is 6.09. The van der Waals surface area contributed by atoms with Crippen LogP contribution in [0.25, 0.3) is 0 Å². The van der Waals surface area contributed by atoms with Crippen LogP contribution in [-0.4, -0.2) is 61.4 Å². The highest BCUT2D eigenvalue weighted by molar-refractivity contribution is 9.10. The standard InChI is InChI=1S/C11H15BrN2O5S/c1-7-6-13(2)3-4-14(7)20(17,18)9-5-8(11(15)16)19-10(9)12/h5,7H,3-4,6H2,1-2H3,(H,15,16). The number of likely N-dealkylation sites (N-methyl/N-ethyl adjacent to an activating group) is 1. The number of piperazine rings is 1. The molecule has 0 radical (unpaired) electrons. The van der Waals surface area contributed by atoms with Crippen molar-refractivity contribution in [2.24, 2.45) is 0 Å². The molecule has 0 aliphatic carbocycles. The maximum absolute atomic E-state index is 12.6. The molecule has 0 saturated carbocycles. The maximum Gasteiger partial charge on any atom is 0.371 e. The Morgan fingerprint density at radius 3 is 2.65 bits per heavy atom. The Labute approximate surface area is 125 Å². The maximum atomic E-state index is 12.6. The van der Waals surface area contributed by atoms with Crippen LogP contribution in [0.2, 0.25) is 0 Å². The van der Waals surface area contributed by atoms with Gasteiger partial charge in [0.1, 0.15) is 4.90 Å². The zero-order valence-electron chi connectivity index (χ0n) is 11.0. The van der Waals surface area contributed by atoms with Crippen molar-refractivity contribution in [1.82, 2.24) is 9.21 Å². The average molecular weight is 367 g/mol. The molecule has 1 aliphatic heterocycles. The molecule has 1 atom stereocenters. The summed E-state index contributed by atoms with van der Waals surface area (Å²) in [6.45, 7) is 3.44. The SMILES string of the molecule is CC1CN(C)CCN1S(=O)(=O)c1cc(C(=O)O)oc1Br. The number of carbonyl (C=O) groups is 1. The first-order valence-corrected chi connectivity index (χ1v) is 8.20. The van der Waals surface area contributed by atoms with E-state index in [1.165, 1.54) is 4.31 Å². The molecule has 7 nitrogen and oxygen atoms in total. The highest BCUT2D eigenvalue weighted by Crippen LogP contribution is 2.30. The van der Waals surface area contributed by atoms with Crippen LogP contribution in [0.1, 0.15) is 17.5 Å². The van der Waals surface area contributed by atoms with E-state index in [1.807, 2.05) is 18.9 Å². The van der Waals surface area contributed by atoms with Gasteiger partial charge in [0.15, 0.2) is 4.67 Å². The molecule has 0 aromatic carbocycles. The van der Waals surface area contributed by atoms with Crippen molar-refractivity contribution in [1.29, 1.82) is 0 Å². The summed E-state index contributed by atoms with van der Waals surface area (Å²) in [6, 6.07) is 0.848. The third kappa shape index (κ3) is 2.76. The van der Waals surface area contributed by atoms with Crippen LogP contribution in [0.5, 0.6) is 0 Å². The molecule has 1 N–H and O–H groups in total. The van der Waals surface area contributed by atoms with Crippen molar-refractivity contribution >= 4 is 31.9 Å². The van der Waals surface area contributed by atoms with Gasteiger partial charge in [-0.15, -0.1) is 0 Å². The van der Waals surface area contributed by atoms with Crippen LogP contribution < -0.4 is 0 Å². The minimum atomic E-state index is -3.78. The molecular formula is C11H15BrN2O5S. The van der Waals surface area contributed by atoms with Crippen LogP contribution in [0.15, 0.2) is 20.0 Å². The van der Waals surface area contributed by atoms with E-state index in [4.69, 9.17) is 9.52 Å². The van der Waals surface area contributed by atoms with Gasteiger partial charge in [0.05, 0.1) is 0 Å². The second kappa shape index (κ2) is 5.47. The highest BCUT2D eigenvalue weighted by atomic mass is 79.9. The van der Waals surface area contributed by atoms with Gasteiger partial charge in [0.25, 0.3) is 0 Å². The monoisotopic (exact) mass is 366 g/mol. The second-order valence-corrected chi connectivity index (χ2v) is 7.36. The highest BCUT2D eigenvalue weighted by Gasteiger charge is 2.36. The Balaban J connectivity index is 2.37. The summed E-state index contributed by atoms with van der Waals surface area (Å²) in [5.74, 6) is -1.71. The van der Waals surface area contributed by atoms with Crippen molar-refractivity contribution in [2.45, 2.75) is 17.9 Å². The van der Waals surface area contributed by atoms with Gasteiger partial charge in [0.2, 0.25) is 15.8 Å². The van der Waals surface area contributed by atoms with Gasteiger partial charge < -0.3 is 14.4 Å². The van der Waals surface area contributed by atoms with E-state index >= 15 is 0 Å². The van der Waals surface area contributed by atoms with Crippen LogP contribution in [0, 0.1) is 0 Å². The number of halogens is 1. The van der Waals surface area contributed by atoms with Gasteiger partial charge in [-0.05, 0) is 29.9 Å². The van der Waals surface area contributed by atoms with Gasteiger partial charge in [-0.2, -0.15) is 4.31 Å². The normalized spacial score (nSPS) is 22.1. The van der Waals surface area contributed by atoms with E-state index in [-0.39, 0.29) is 15.6 Å². The van der Waals surface area contributed by atoms with Crippen molar-refractivity contribution in [3.05, 3.63) is 16.5 Å². The Bertz CT molecular complexity index is 627. The molecule has 20 heavy (non-hydrogen) atoms. The topological polar surface area (TPSA) is 91.1 Å². The average Bonchev–Trinajstić information content (AvgIpc) is 2.71. The number of hydrogen-bond donors (Lipinski definition) is 1. The number of carboxylic acids is 1. The lowest BCUT2D eigenvalue weighted by Gasteiger charge is -2.36. The lowest BCUT2D eigenvalue weighted by atomic mass is 10.2. The largest absolute Gasteiger partial charge is 0.475 e. The fraction of sp³-hybridized carbons (Fsp3) is 0.545. The molecule has 2 rings (SSSR count). The van der Waals surface area contributed by atoms with E-state index in [9.17, 15) is 13.2 Å². The quantitative estimate of drug-likeness (QED) is 0.859. The molecule has 1 saturated heterocycles. The number of carboxylic acid groups (broad SMARTS) is 1. The molecule has 0 amide bonds. The summed E-state index contributed by atoms with van der Waals surface area (Å²) in [6.07, 6.45) is 0. The van der Waals surface area contributed by atoms with Crippen molar-refractivity contribution in [3.63, 3.8) is 0 Å². The summed E-state index contributed by atoms with van der Waals surface area (Å²) in [4.78, 5) is 12.7. The summed E-state index contributed by atoms with van der Waals surface area (Å²) in [7, 11) is -1.85. The zero-order valence-corrected chi connectivity index (χ0v) is 13.4. The summed E-state index contributed by atoms with van der Waals surface area (Å²) in [5.41, 5.74) is 0. The Kier molecular flexibility index (Phi) is 4.24.